The predicted molar refractivity (Wildman–Crippen MR) is 299 cm³/mol. The fourth-order valence-corrected chi connectivity index (χ4v) is 10.7. The van der Waals surface area contributed by atoms with Gasteiger partial charge in [-0.2, -0.15) is 0 Å². The molecule has 2 N–H and O–H groups in total. The molecular weight excluding hydrogens is 997 g/mol. The Morgan fingerprint density at radius 1 is 0.597 bits per heavy atom. The number of hydrogen-bond donors (Lipinski definition) is 2. The van der Waals surface area contributed by atoms with Crippen LogP contribution in [0.3, 0.4) is 0 Å². The number of amides is 4. The lowest BCUT2D eigenvalue weighted by atomic mass is 9.89. The summed E-state index contributed by atoms with van der Waals surface area (Å²) in [5, 5.41) is 33.7. The standard InChI is InChI=1S/C58H60N10O8S/c1-37(2)41-15-7-9-17-43(41)53-39(23-27-51(69)65-33-31-59-45(35-65)57(71)63(5)49-19-11-13-29-61-49)21-25-47(55(53)67(73)74)77-48-26-22-40(54(56(48)68(75)76)44-18-10-8-16-42(44)38(3)4)24-28-52(70)66-34-32-60-46(36-66)58(72)64(6)50-20-12-14-30-62-50/h7-30,37-38,45-46,59-60H,31-36H2,1-6H3/b27-23+,28-24+. The second-order valence-corrected chi connectivity index (χ2v) is 20.4. The van der Waals surface area contributed by atoms with Crippen molar-refractivity contribution in [3.8, 4) is 22.3 Å². The van der Waals surface area contributed by atoms with Gasteiger partial charge in [0.05, 0.1) is 30.8 Å². The number of carbonyl (C=O) groups excluding carboxylic acids is 4. The summed E-state index contributed by atoms with van der Waals surface area (Å²) in [5.74, 6) is -0.545. The fraction of sp³-hybridized carbons (Fsp3) is 0.276. The molecule has 0 radical (unpaired) electrons. The van der Waals surface area contributed by atoms with Crippen molar-refractivity contribution in [3.63, 3.8) is 0 Å². The number of benzene rings is 4. The topological polar surface area (TPSA) is 217 Å². The summed E-state index contributed by atoms with van der Waals surface area (Å²) < 4.78 is 0. The molecule has 2 fully saturated rings. The number of nitro benzene ring substituents is 2. The minimum Gasteiger partial charge on any atom is -0.336 e. The minimum atomic E-state index is -0.704. The van der Waals surface area contributed by atoms with Crippen LogP contribution in [-0.2, 0) is 19.2 Å². The summed E-state index contributed by atoms with van der Waals surface area (Å²) in [4.78, 5) is 96.0. The number of carbonyl (C=O) groups is 4. The largest absolute Gasteiger partial charge is 0.336 e. The van der Waals surface area contributed by atoms with Gasteiger partial charge in [0.15, 0.2) is 0 Å². The molecule has 0 spiro atoms. The van der Waals surface area contributed by atoms with Gasteiger partial charge in [-0.15, -0.1) is 0 Å². The number of likely N-dealkylation sites (N-methyl/N-ethyl adjacent to an activating group) is 2. The van der Waals surface area contributed by atoms with Gasteiger partial charge in [-0.05, 0) is 93.8 Å². The van der Waals surface area contributed by atoms with Gasteiger partial charge in [-0.25, -0.2) is 9.97 Å². The Morgan fingerprint density at radius 3 is 1.35 bits per heavy atom. The Labute approximate surface area is 451 Å². The zero-order valence-corrected chi connectivity index (χ0v) is 44.5. The first-order valence-corrected chi connectivity index (χ1v) is 26.1. The molecule has 2 atom stereocenters. The van der Waals surface area contributed by atoms with Gasteiger partial charge < -0.3 is 20.4 Å². The van der Waals surface area contributed by atoms with Gasteiger partial charge in [0.25, 0.3) is 11.4 Å². The molecule has 0 saturated carbocycles. The highest BCUT2D eigenvalue weighted by molar-refractivity contribution is 7.99. The Balaban J connectivity index is 1.16. The normalized spacial score (nSPS) is 15.8. The first-order chi connectivity index (χ1) is 37.0. The van der Waals surface area contributed by atoms with Crippen LogP contribution in [0.5, 0.6) is 0 Å². The molecule has 4 amide bonds. The molecule has 2 aliphatic rings. The van der Waals surface area contributed by atoms with Crippen molar-refractivity contribution in [1.29, 1.82) is 0 Å². The maximum absolute atomic E-state index is 14.0. The fourth-order valence-electron chi connectivity index (χ4n) is 9.68. The molecule has 2 unspecified atom stereocenters. The summed E-state index contributed by atoms with van der Waals surface area (Å²) in [6.45, 7) is 9.41. The molecule has 18 nitrogen and oxygen atoms in total. The summed E-state index contributed by atoms with van der Waals surface area (Å²) >= 11 is 0.886. The van der Waals surface area contributed by atoms with Crippen LogP contribution in [0.2, 0.25) is 0 Å². The Kier molecular flexibility index (Phi) is 17.5. The van der Waals surface area contributed by atoms with Crippen LogP contribution in [0, 0.1) is 20.2 Å². The quantitative estimate of drug-likeness (QED) is 0.0526. The number of aromatic nitrogens is 2. The smallest absolute Gasteiger partial charge is 0.291 e. The monoisotopic (exact) mass is 1060 g/mol. The first-order valence-electron chi connectivity index (χ1n) is 25.3. The second-order valence-electron chi connectivity index (χ2n) is 19.3. The van der Waals surface area contributed by atoms with Crippen LogP contribution < -0.4 is 20.4 Å². The van der Waals surface area contributed by atoms with Crippen molar-refractivity contribution < 1.29 is 29.0 Å². The van der Waals surface area contributed by atoms with Crippen molar-refractivity contribution in [2.24, 2.45) is 0 Å². The molecule has 4 heterocycles. The molecule has 0 aliphatic carbocycles. The number of piperazine rings is 2. The van der Waals surface area contributed by atoms with E-state index in [2.05, 4.69) is 20.6 Å². The summed E-state index contributed by atoms with van der Waals surface area (Å²) in [6, 6.07) is 30.2. The van der Waals surface area contributed by atoms with E-state index in [1.165, 1.54) is 22.0 Å². The van der Waals surface area contributed by atoms with E-state index in [1.807, 2.05) is 52.0 Å². The molecule has 77 heavy (non-hydrogen) atoms. The van der Waals surface area contributed by atoms with Crippen LogP contribution in [-0.4, -0.2) is 119 Å². The summed E-state index contributed by atoms with van der Waals surface area (Å²) in [5.41, 5.74) is 3.30. The number of nitrogens with one attached hydrogen (secondary N) is 2. The molecule has 396 valence electrons. The highest BCUT2D eigenvalue weighted by Crippen LogP contribution is 2.50. The van der Waals surface area contributed by atoms with Gasteiger partial charge in [0.1, 0.15) is 23.7 Å². The van der Waals surface area contributed by atoms with E-state index < -0.39 is 33.7 Å². The third-order valence-corrected chi connectivity index (χ3v) is 14.8. The van der Waals surface area contributed by atoms with Gasteiger partial charge in [0.2, 0.25) is 23.6 Å². The Morgan fingerprint density at radius 2 is 0.987 bits per heavy atom. The number of rotatable bonds is 16. The average molecular weight is 1060 g/mol. The van der Waals surface area contributed by atoms with Gasteiger partial charge in [-0.3, -0.25) is 49.2 Å². The zero-order valence-electron chi connectivity index (χ0n) is 43.7. The van der Waals surface area contributed by atoms with E-state index in [9.17, 15) is 39.4 Å². The Bertz CT molecular complexity index is 3050. The predicted octanol–water partition coefficient (Wildman–Crippen LogP) is 8.98. The summed E-state index contributed by atoms with van der Waals surface area (Å²) in [7, 11) is 3.25. The number of hydrogen-bond acceptors (Lipinski definition) is 13. The van der Waals surface area contributed by atoms with E-state index in [-0.39, 0.29) is 69.0 Å². The van der Waals surface area contributed by atoms with E-state index in [4.69, 9.17) is 0 Å². The lowest BCUT2D eigenvalue weighted by Gasteiger charge is -2.34. The van der Waals surface area contributed by atoms with Gasteiger partial charge >= 0.3 is 0 Å². The van der Waals surface area contributed by atoms with E-state index in [1.54, 1.807) is 133 Å². The highest BCUT2D eigenvalue weighted by Gasteiger charge is 2.34. The minimum absolute atomic E-state index is 0.0772. The van der Waals surface area contributed by atoms with Crippen LogP contribution >= 0.6 is 11.8 Å². The van der Waals surface area contributed by atoms with Crippen molar-refractivity contribution in [3.05, 3.63) is 176 Å². The maximum Gasteiger partial charge on any atom is 0.291 e. The van der Waals surface area contributed by atoms with Gasteiger partial charge in [0, 0.05) is 77.9 Å². The maximum atomic E-state index is 14.0. The van der Waals surface area contributed by atoms with Crippen LogP contribution in [0.15, 0.2) is 144 Å². The number of nitro groups is 2. The van der Waals surface area contributed by atoms with Crippen molar-refractivity contribution in [2.75, 3.05) is 63.2 Å². The molecule has 0 bridgehead atoms. The highest BCUT2D eigenvalue weighted by atomic mass is 32.2. The molecule has 2 aliphatic heterocycles. The molecule has 19 heteroatoms. The molecule has 2 aromatic heterocycles. The van der Waals surface area contributed by atoms with Crippen LogP contribution in [0.25, 0.3) is 34.4 Å². The number of nitrogens with zero attached hydrogens (tertiary/aromatic N) is 8. The van der Waals surface area contributed by atoms with Crippen LogP contribution in [0.1, 0.15) is 61.8 Å². The van der Waals surface area contributed by atoms with Gasteiger partial charge in [-0.1, -0.05) is 112 Å². The lowest BCUT2D eigenvalue weighted by molar-refractivity contribution is -0.387. The second kappa shape index (κ2) is 24.5. The van der Waals surface area contributed by atoms with Crippen molar-refractivity contribution in [1.82, 2.24) is 30.4 Å². The Hall–Kier alpha value is -8.39. The third kappa shape index (κ3) is 12.3. The zero-order chi connectivity index (χ0) is 54.9. The molecular formula is C58H60N10O8S. The van der Waals surface area contributed by atoms with E-state index in [0.717, 1.165) is 22.9 Å². The lowest BCUT2D eigenvalue weighted by Crippen LogP contribution is -2.58. The SMILES string of the molecule is CC(C)c1ccccc1-c1c(/C=C/C(=O)N2CCNC(C(=O)N(C)c3ccccn3)C2)ccc(Sc2ccc(/C=C/C(=O)N3CCNC(C(=O)N(C)c4ccccn4)C3)c(-c3ccccc3C(C)C)c2[N+](=O)[O-])c1[N+](=O)[O-]. The van der Waals surface area contributed by atoms with Crippen molar-refractivity contribution >= 4 is 70.6 Å². The number of pyridine rings is 2. The molecule has 4 aromatic carbocycles. The average Bonchev–Trinajstić information content (AvgIpc) is 3.48. The summed E-state index contributed by atoms with van der Waals surface area (Å²) in [6.07, 6.45) is 8.97. The number of anilines is 2. The third-order valence-electron chi connectivity index (χ3n) is 13.7. The first kappa shape index (κ1) is 54.9. The van der Waals surface area contributed by atoms with E-state index >= 15 is 0 Å². The van der Waals surface area contributed by atoms with Crippen molar-refractivity contribution in [2.45, 2.75) is 61.4 Å². The molecule has 8 rings (SSSR count). The van der Waals surface area contributed by atoms with E-state index in [0.29, 0.717) is 60.1 Å². The van der Waals surface area contributed by atoms with Crippen LogP contribution in [0.4, 0.5) is 23.0 Å². The molecule has 6 aromatic rings. The molecule has 2 saturated heterocycles.